The smallest absolute Gasteiger partial charge is 0.237 e. The monoisotopic (exact) mass is 498 g/mol. The normalized spacial score (nSPS) is 13.6. The lowest BCUT2D eigenvalue weighted by Crippen LogP contribution is -2.42. The molecule has 3 atom stereocenters. The zero-order valence-corrected chi connectivity index (χ0v) is 22.7. The Morgan fingerprint density at radius 3 is 2.47 bits per heavy atom. The number of hydrogen-bond donors (Lipinski definition) is 6. The summed E-state index contributed by atoms with van der Waals surface area (Å²) in [5, 5.41) is 19.1. The molecule has 2 unspecified atom stereocenters. The van der Waals surface area contributed by atoms with Gasteiger partial charge in [-0.25, -0.2) is 0 Å². The van der Waals surface area contributed by atoms with E-state index >= 15 is 0 Å². The molecule has 0 aliphatic heterocycles. The van der Waals surface area contributed by atoms with E-state index in [1.807, 2.05) is 27.1 Å². The highest BCUT2D eigenvalue weighted by Crippen LogP contribution is 2.21. The van der Waals surface area contributed by atoms with Gasteiger partial charge in [-0.3, -0.25) is 4.79 Å². The van der Waals surface area contributed by atoms with Crippen LogP contribution in [0.3, 0.4) is 0 Å². The van der Waals surface area contributed by atoms with Gasteiger partial charge in [0.15, 0.2) is 0 Å². The summed E-state index contributed by atoms with van der Waals surface area (Å²) in [4.78, 5) is 23.2. The molecule has 0 aliphatic rings. The molecule has 0 aliphatic carbocycles. The summed E-state index contributed by atoms with van der Waals surface area (Å²) >= 11 is 0. The molecule has 0 aromatic heterocycles. The molecule has 0 saturated carbocycles. The number of carbonyl (C=O) groups excluding carboxylic acids is 2. The fourth-order valence-electron chi connectivity index (χ4n) is 3.97. The van der Waals surface area contributed by atoms with Crippen molar-refractivity contribution in [1.29, 1.82) is 0 Å². The van der Waals surface area contributed by atoms with Crippen LogP contribution in [0.1, 0.15) is 44.7 Å². The number of amides is 1. The highest BCUT2D eigenvalue weighted by atomic mass is 16.2. The van der Waals surface area contributed by atoms with Crippen LogP contribution in [0.25, 0.3) is 6.08 Å². The predicted octanol–water partition coefficient (Wildman–Crippen LogP) is 2.77. The zero-order chi connectivity index (χ0) is 26.9. The van der Waals surface area contributed by atoms with E-state index in [-0.39, 0.29) is 24.5 Å². The maximum Gasteiger partial charge on any atom is 0.237 e. The van der Waals surface area contributed by atoms with Crippen molar-refractivity contribution in [2.45, 2.75) is 52.1 Å². The van der Waals surface area contributed by atoms with Crippen molar-refractivity contribution < 1.29 is 9.59 Å². The van der Waals surface area contributed by atoms with Crippen LogP contribution in [-0.2, 0) is 16.0 Å². The molecular weight excluding hydrogens is 452 g/mol. The SMILES string of the molecule is C=CNC(C(=C)NC/C(=C/c1ccc(CC[C@H](NC)C(=O)NCC)c(NC)c1)NCC=O)C(C)CC. The number of hydrogen-bond acceptors (Lipinski definition) is 7. The molecule has 0 heterocycles. The van der Waals surface area contributed by atoms with Gasteiger partial charge in [-0.15, -0.1) is 0 Å². The summed E-state index contributed by atoms with van der Waals surface area (Å²) in [6.45, 7) is 15.6. The van der Waals surface area contributed by atoms with Crippen molar-refractivity contribution in [2.75, 3.05) is 39.0 Å². The number of benzene rings is 1. The Balaban J connectivity index is 3.01. The van der Waals surface area contributed by atoms with E-state index in [4.69, 9.17) is 0 Å². The number of carbonyl (C=O) groups is 2. The second-order valence-corrected chi connectivity index (χ2v) is 8.77. The van der Waals surface area contributed by atoms with E-state index in [1.54, 1.807) is 6.20 Å². The summed E-state index contributed by atoms with van der Waals surface area (Å²) in [7, 11) is 3.70. The van der Waals surface area contributed by atoms with Gasteiger partial charge >= 0.3 is 0 Å². The first-order valence-electron chi connectivity index (χ1n) is 12.8. The molecule has 0 spiro atoms. The maximum atomic E-state index is 12.2. The van der Waals surface area contributed by atoms with Crippen LogP contribution in [0.2, 0.25) is 0 Å². The zero-order valence-electron chi connectivity index (χ0n) is 22.7. The molecule has 1 aromatic carbocycles. The Morgan fingerprint density at radius 1 is 1.14 bits per heavy atom. The summed E-state index contributed by atoms with van der Waals surface area (Å²) < 4.78 is 0. The molecule has 1 aromatic rings. The summed E-state index contributed by atoms with van der Waals surface area (Å²) in [5.41, 5.74) is 4.90. The van der Waals surface area contributed by atoms with Gasteiger partial charge in [-0.2, -0.15) is 0 Å². The van der Waals surface area contributed by atoms with Crippen molar-refractivity contribution in [3.8, 4) is 0 Å². The van der Waals surface area contributed by atoms with Crippen LogP contribution in [0.5, 0.6) is 0 Å². The lowest BCUT2D eigenvalue weighted by molar-refractivity contribution is -0.123. The van der Waals surface area contributed by atoms with Gasteiger partial charge in [0.25, 0.3) is 0 Å². The van der Waals surface area contributed by atoms with Gasteiger partial charge in [0.1, 0.15) is 6.29 Å². The van der Waals surface area contributed by atoms with Gasteiger partial charge in [0, 0.05) is 30.7 Å². The fraction of sp³-hybridized carbons (Fsp3) is 0.500. The molecule has 0 saturated heterocycles. The third-order valence-electron chi connectivity index (χ3n) is 6.27. The molecule has 0 radical (unpaired) electrons. The Kier molecular flexibility index (Phi) is 14.7. The number of aryl methyl sites for hydroxylation is 1. The summed E-state index contributed by atoms with van der Waals surface area (Å²) in [6, 6.07) is 6.04. The molecule has 8 nitrogen and oxygen atoms in total. The van der Waals surface area contributed by atoms with E-state index in [9.17, 15) is 9.59 Å². The third-order valence-corrected chi connectivity index (χ3v) is 6.27. The average molecular weight is 499 g/mol. The second kappa shape index (κ2) is 17.2. The van der Waals surface area contributed by atoms with Crippen LogP contribution in [0.15, 0.2) is 49.0 Å². The van der Waals surface area contributed by atoms with E-state index in [1.165, 1.54) is 0 Å². The first-order chi connectivity index (χ1) is 17.3. The Hall–Kier alpha value is -3.26. The van der Waals surface area contributed by atoms with Crippen molar-refractivity contribution in [2.24, 2.45) is 5.92 Å². The van der Waals surface area contributed by atoms with Crippen molar-refractivity contribution in [3.05, 3.63) is 60.1 Å². The number of anilines is 1. The van der Waals surface area contributed by atoms with Crippen molar-refractivity contribution in [1.82, 2.24) is 26.6 Å². The minimum Gasteiger partial charge on any atom is -0.388 e. The standard InChI is InChI=1S/C28H46N6O2/c1-8-20(4)27(31-9-2)21(5)34-19-24(33-15-16-35)17-22-11-12-23(26(18-22)30-7)13-14-25(29-6)28(36)32-10-3/h9,11-12,16-18,20,25,27,29-31,33-34H,2,5,8,10,13-15,19H2,1,3-4,6-7H3,(H,32,36)/b24-17-/t20?,25-,27?/m0/s1. The molecule has 36 heavy (non-hydrogen) atoms. The molecule has 8 heteroatoms. The number of likely N-dealkylation sites (N-methyl/N-ethyl adjacent to an activating group) is 2. The molecule has 0 fully saturated rings. The number of nitrogens with one attached hydrogen (secondary N) is 6. The minimum absolute atomic E-state index is 0.0180. The van der Waals surface area contributed by atoms with Crippen molar-refractivity contribution in [3.63, 3.8) is 0 Å². The van der Waals surface area contributed by atoms with E-state index < -0.39 is 0 Å². The number of rotatable bonds is 19. The van der Waals surface area contributed by atoms with Gasteiger partial charge in [-0.1, -0.05) is 45.6 Å². The number of aldehydes is 1. The fourth-order valence-corrected chi connectivity index (χ4v) is 3.97. The molecule has 200 valence electrons. The topological polar surface area (TPSA) is 106 Å². The predicted molar refractivity (Wildman–Crippen MR) is 152 cm³/mol. The highest BCUT2D eigenvalue weighted by Gasteiger charge is 2.18. The molecule has 1 amide bonds. The van der Waals surface area contributed by atoms with Gasteiger partial charge in [0.2, 0.25) is 5.91 Å². The first-order valence-corrected chi connectivity index (χ1v) is 12.8. The Morgan fingerprint density at radius 2 is 1.89 bits per heavy atom. The van der Waals surface area contributed by atoms with Crippen LogP contribution in [-0.4, -0.2) is 58.0 Å². The molecule has 0 bridgehead atoms. The molecule has 6 N–H and O–H groups in total. The second-order valence-electron chi connectivity index (χ2n) is 8.77. The van der Waals surface area contributed by atoms with Gasteiger partial charge < -0.3 is 36.7 Å². The average Bonchev–Trinajstić information content (AvgIpc) is 2.89. The highest BCUT2D eigenvalue weighted by molar-refractivity contribution is 5.81. The lowest BCUT2D eigenvalue weighted by atomic mass is 9.97. The van der Waals surface area contributed by atoms with Crippen LogP contribution >= 0.6 is 0 Å². The van der Waals surface area contributed by atoms with Crippen LogP contribution in [0, 0.1) is 5.92 Å². The summed E-state index contributed by atoms with van der Waals surface area (Å²) in [5.74, 6) is 0.407. The Labute approximate surface area is 217 Å². The lowest BCUT2D eigenvalue weighted by Gasteiger charge is -2.27. The van der Waals surface area contributed by atoms with E-state index in [0.717, 1.165) is 47.3 Å². The quantitative estimate of drug-likeness (QED) is 0.163. The molecular formula is C28H46N6O2. The largest absolute Gasteiger partial charge is 0.388 e. The first kappa shape index (κ1) is 30.8. The van der Waals surface area contributed by atoms with E-state index in [0.29, 0.717) is 25.4 Å². The summed E-state index contributed by atoms with van der Waals surface area (Å²) in [6.07, 6.45) is 7.03. The van der Waals surface area contributed by atoms with Crippen LogP contribution in [0.4, 0.5) is 5.69 Å². The molecule has 1 rings (SSSR count). The maximum absolute atomic E-state index is 12.2. The third kappa shape index (κ3) is 10.2. The minimum atomic E-state index is -0.234. The van der Waals surface area contributed by atoms with Gasteiger partial charge in [-0.05, 0) is 62.2 Å². The van der Waals surface area contributed by atoms with Crippen LogP contribution < -0.4 is 31.9 Å². The Bertz CT molecular complexity index is 883. The van der Waals surface area contributed by atoms with Crippen molar-refractivity contribution >= 4 is 24.0 Å². The van der Waals surface area contributed by atoms with E-state index in [2.05, 4.69) is 77.1 Å². The van der Waals surface area contributed by atoms with Gasteiger partial charge in [0.05, 0.1) is 25.2 Å².